The average Bonchev–Trinajstić information content (AvgIpc) is 2.48. The molecule has 2 rings (SSSR count). The standard InChI is InChI=1S/C14H12N4O/c15-10-13-9-12(4-8-17-13)14(19)18-7-3-11-1-5-16-6-2-11/h1-2,4-6,8-9H,3,7H2,(H,18,19). The van der Waals surface area contributed by atoms with Crippen molar-refractivity contribution in [1.29, 1.82) is 5.26 Å². The molecule has 0 aromatic carbocycles. The summed E-state index contributed by atoms with van der Waals surface area (Å²) in [5.41, 5.74) is 1.80. The Morgan fingerprint density at radius 1 is 1.26 bits per heavy atom. The third-order valence-electron chi connectivity index (χ3n) is 2.59. The molecule has 0 spiro atoms. The number of nitrogens with zero attached hydrogens (tertiary/aromatic N) is 3. The van der Waals surface area contributed by atoms with Gasteiger partial charge in [-0.15, -0.1) is 0 Å². The van der Waals surface area contributed by atoms with Gasteiger partial charge in [0.15, 0.2) is 0 Å². The number of nitriles is 1. The van der Waals surface area contributed by atoms with Crippen LogP contribution in [0.15, 0.2) is 42.9 Å². The molecule has 0 aliphatic carbocycles. The summed E-state index contributed by atoms with van der Waals surface area (Å²) < 4.78 is 0. The maximum absolute atomic E-state index is 11.8. The van der Waals surface area contributed by atoms with E-state index in [9.17, 15) is 4.79 Å². The molecular weight excluding hydrogens is 240 g/mol. The fraction of sp³-hybridized carbons (Fsp3) is 0.143. The van der Waals surface area contributed by atoms with Crippen LogP contribution in [0, 0.1) is 11.3 Å². The van der Waals surface area contributed by atoms with Crippen molar-refractivity contribution in [3.63, 3.8) is 0 Å². The molecule has 0 unspecified atom stereocenters. The summed E-state index contributed by atoms with van der Waals surface area (Å²) in [5, 5.41) is 11.5. The molecule has 0 saturated carbocycles. The molecule has 1 N–H and O–H groups in total. The Bertz CT molecular complexity index is 604. The van der Waals surface area contributed by atoms with Crippen LogP contribution in [-0.2, 0) is 6.42 Å². The van der Waals surface area contributed by atoms with Crippen molar-refractivity contribution in [2.75, 3.05) is 6.54 Å². The fourth-order valence-electron chi connectivity index (χ4n) is 1.60. The van der Waals surface area contributed by atoms with Gasteiger partial charge in [-0.05, 0) is 36.2 Å². The molecule has 0 atom stereocenters. The molecule has 1 amide bonds. The minimum Gasteiger partial charge on any atom is -0.352 e. The van der Waals surface area contributed by atoms with Crippen molar-refractivity contribution in [2.45, 2.75) is 6.42 Å². The molecule has 0 radical (unpaired) electrons. The largest absolute Gasteiger partial charge is 0.352 e. The number of pyridine rings is 2. The predicted octanol–water partition coefficient (Wildman–Crippen LogP) is 1.32. The number of aromatic nitrogens is 2. The van der Waals surface area contributed by atoms with Gasteiger partial charge in [0.25, 0.3) is 5.91 Å². The molecule has 2 aromatic heterocycles. The van der Waals surface area contributed by atoms with Crippen molar-refractivity contribution in [1.82, 2.24) is 15.3 Å². The normalized spacial score (nSPS) is 9.63. The van der Waals surface area contributed by atoms with Gasteiger partial charge in [-0.2, -0.15) is 5.26 Å². The molecule has 94 valence electrons. The monoisotopic (exact) mass is 252 g/mol. The van der Waals surface area contributed by atoms with Crippen LogP contribution in [0.2, 0.25) is 0 Å². The van der Waals surface area contributed by atoms with Crippen LogP contribution in [-0.4, -0.2) is 22.4 Å². The summed E-state index contributed by atoms with van der Waals surface area (Å²) in [6.07, 6.45) is 5.64. The Morgan fingerprint density at radius 3 is 2.79 bits per heavy atom. The van der Waals surface area contributed by atoms with Crippen LogP contribution in [0.4, 0.5) is 0 Å². The summed E-state index contributed by atoms with van der Waals surface area (Å²) in [5.74, 6) is -0.201. The Hall–Kier alpha value is -2.74. The highest BCUT2D eigenvalue weighted by Gasteiger charge is 2.06. The first-order valence-corrected chi connectivity index (χ1v) is 5.83. The summed E-state index contributed by atoms with van der Waals surface area (Å²) in [6.45, 7) is 0.535. The molecule has 0 bridgehead atoms. The zero-order valence-corrected chi connectivity index (χ0v) is 10.2. The van der Waals surface area contributed by atoms with E-state index in [1.54, 1.807) is 18.5 Å². The van der Waals surface area contributed by atoms with Gasteiger partial charge in [-0.3, -0.25) is 9.78 Å². The Morgan fingerprint density at radius 2 is 2.05 bits per heavy atom. The van der Waals surface area contributed by atoms with Gasteiger partial charge < -0.3 is 5.32 Å². The average molecular weight is 252 g/mol. The van der Waals surface area contributed by atoms with Crippen molar-refractivity contribution < 1.29 is 4.79 Å². The van der Waals surface area contributed by atoms with Gasteiger partial charge in [0.2, 0.25) is 0 Å². The lowest BCUT2D eigenvalue weighted by Crippen LogP contribution is -2.25. The van der Waals surface area contributed by atoms with E-state index in [4.69, 9.17) is 5.26 Å². The molecule has 0 fully saturated rings. The van der Waals surface area contributed by atoms with Crippen LogP contribution >= 0.6 is 0 Å². The molecule has 5 heteroatoms. The van der Waals surface area contributed by atoms with E-state index in [0.717, 1.165) is 12.0 Å². The first kappa shape index (κ1) is 12.7. The van der Waals surface area contributed by atoms with E-state index in [0.29, 0.717) is 12.1 Å². The van der Waals surface area contributed by atoms with Crippen molar-refractivity contribution in [3.05, 3.63) is 59.7 Å². The quantitative estimate of drug-likeness (QED) is 0.890. The van der Waals surface area contributed by atoms with E-state index < -0.39 is 0 Å². The number of hydrogen-bond acceptors (Lipinski definition) is 4. The van der Waals surface area contributed by atoms with Gasteiger partial charge >= 0.3 is 0 Å². The number of carbonyl (C=O) groups is 1. The molecule has 2 heterocycles. The van der Waals surface area contributed by atoms with Crippen LogP contribution in [0.3, 0.4) is 0 Å². The molecule has 19 heavy (non-hydrogen) atoms. The van der Waals surface area contributed by atoms with Crippen molar-refractivity contribution in [3.8, 4) is 6.07 Å². The fourth-order valence-corrected chi connectivity index (χ4v) is 1.60. The number of nitrogens with one attached hydrogen (secondary N) is 1. The number of rotatable bonds is 4. The highest BCUT2D eigenvalue weighted by molar-refractivity contribution is 5.94. The van der Waals surface area contributed by atoms with Crippen LogP contribution < -0.4 is 5.32 Å². The second-order valence-electron chi connectivity index (χ2n) is 3.90. The molecule has 0 saturated heterocycles. The topological polar surface area (TPSA) is 78.7 Å². The summed E-state index contributed by atoms with van der Waals surface area (Å²) in [4.78, 5) is 19.6. The Kier molecular flexibility index (Phi) is 4.19. The first-order chi connectivity index (χ1) is 9.29. The maximum atomic E-state index is 11.8. The van der Waals surface area contributed by atoms with Crippen LogP contribution in [0.25, 0.3) is 0 Å². The summed E-state index contributed by atoms with van der Waals surface area (Å²) in [6, 6.07) is 8.78. The smallest absolute Gasteiger partial charge is 0.251 e. The Labute approximate surface area is 110 Å². The second kappa shape index (κ2) is 6.26. The minimum atomic E-state index is -0.201. The van der Waals surface area contributed by atoms with E-state index in [-0.39, 0.29) is 11.6 Å². The van der Waals surface area contributed by atoms with E-state index >= 15 is 0 Å². The zero-order valence-electron chi connectivity index (χ0n) is 10.2. The Balaban J connectivity index is 1.89. The lowest BCUT2D eigenvalue weighted by molar-refractivity contribution is 0.0954. The third kappa shape index (κ3) is 3.61. The number of carbonyl (C=O) groups excluding carboxylic acids is 1. The lowest BCUT2D eigenvalue weighted by Gasteiger charge is -2.05. The molecule has 0 aliphatic heterocycles. The van der Waals surface area contributed by atoms with Gasteiger partial charge in [0, 0.05) is 30.7 Å². The van der Waals surface area contributed by atoms with Gasteiger partial charge in [0.1, 0.15) is 11.8 Å². The molecule has 0 aliphatic rings. The van der Waals surface area contributed by atoms with Gasteiger partial charge in [-0.25, -0.2) is 4.98 Å². The summed E-state index contributed by atoms with van der Waals surface area (Å²) >= 11 is 0. The van der Waals surface area contributed by atoms with E-state index in [1.807, 2.05) is 18.2 Å². The van der Waals surface area contributed by atoms with Gasteiger partial charge in [-0.1, -0.05) is 0 Å². The van der Waals surface area contributed by atoms with Crippen molar-refractivity contribution >= 4 is 5.91 Å². The minimum absolute atomic E-state index is 0.201. The zero-order chi connectivity index (χ0) is 13.5. The highest BCUT2D eigenvalue weighted by atomic mass is 16.1. The van der Waals surface area contributed by atoms with Gasteiger partial charge in [0.05, 0.1) is 0 Å². The SMILES string of the molecule is N#Cc1cc(C(=O)NCCc2ccncc2)ccn1. The lowest BCUT2D eigenvalue weighted by atomic mass is 10.2. The highest BCUT2D eigenvalue weighted by Crippen LogP contribution is 2.01. The maximum Gasteiger partial charge on any atom is 0.251 e. The predicted molar refractivity (Wildman–Crippen MR) is 69.2 cm³/mol. The number of hydrogen-bond donors (Lipinski definition) is 1. The van der Waals surface area contributed by atoms with E-state index in [2.05, 4.69) is 15.3 Å². The molecular formula is C14H12N4O. The molecule has 2 aromatic rings. The van der Waals surface area contributed by atoms with E-state index in [1.165, 1.54) is 12.3 Å². The first-order valence-electron chi connectivity index (χ1n) is 5.83. The van der Waals surface area contributed by atoms with Crippen molar-refractivity contribution in [2.24, 2.45) is 0 Å². The van der Waals surface area contributed by atoms with Crippen LogP contribution in [0.5, 0.6) is 0 Å². The van der Waals surface area contributed by atoms with Crippen LogP contribution in [0.1, 0.15) is 21.6 Å². The second-order valence-corrected chi connectivity index (χ2v) is 3.90. The summed E-state index contributed by atoms with van der Waals surface area (Å²) in [7, 11) is 0. The number of amides is 1. The molecule has 5 nitrogen and oxygen atoms in total. The third-order valence-corrected chi connectivity index (χ3v) is 2.59.